The second kappa shape index (κ2) is 4.82. The molecule has 0 amide bonds. The number of aromatic nitrogens is 2. The molecule has 0 saturated carbocycles. The number of hydrogen-bond donors (Lipinski definition) is 0. The Bertz CT molecular complexity index is 550. The Hall–Kier alpha value is -2.10. The van der Waals surface area contributed by atoms with E-state index in [9.17, 15) is 4.39 Å². The van der Waals surface area contributed by atoms with Gasteiger partial charge in [-0.05, 0) is 31.5 Å². The molecule has 0 bridgehead atoms. The van der Waals surface area contributed by atoms with Crippen molar-refractivity contribution in [3.8, 4) is 0 Å². The summed E-state index contributed by atoms with van der Waals surface area (Å²) in [5.74, 6) is -0.318. The predicted octanol–water partition coefficient (Wildman–Crippen LogP) is 3.06. The van der Waals surface area contributed by atoms with Crippen LogP contribution >= 0.6 is 0 Å². The number of rotatable bonds is 2. The molecule has 2 rings (SSSR count). The minimum atomic E-state index is -0.318. The summed E-state index contributed by atoms with van der Waals surface area (Å²) in [7, 11) is 0. The zero-order valence-electron chi connectivity index (χ0n) is 9.68. The lowest BCUT2D eigenvalue weighted by molar-refractivity contribution is 0.629. The molecule has 0 unspecified atom stereocenters. The molecule has 0 saturated heterocycles. The van der Waals surface area contributed by atoms with Crippen LogP contribution in [0.3, 0.4) is 0 Å². The van der Waals surface area contributed by atoms with Crippen LogP contribution in [0.4, 0.5) is 10.1 Å². The van der Waals surface area contributed by atoms with Crippen LogP contribution in [0.1, 0.15) is 18.1 Å². The summed E-state index contributed by atoms with van der Waals surface area (Å²) in [6.45, 7) is 3.65. The van der Waals surface area contributed by atoms with Gasteiger partial charge in [0, 0.05) is 23.7 Å². The van der Waals surface area contributed by atoms with Gasteiger partial charge in [0.1, 0.15) is 12.1 Å². The maximum atomic E-state index is 13.6. The fourth-order valence-corrected chi connectivity index (χ4v) is 1.43. The Labute approximate surface area is 99.1 Å². The number of hydrogen-bond acceptors (Lipinski definition) is 3. The summed E-state index contributed by atoms with van der Waals surface area (Å²) in [6, 6.07) is 4.96. The molecule has 0 aliphatic rings. The highest BCUT2D eigenvalue weighted by Crippen LogP contribution is 2.19. The zero-order chi connectivity index (χ0) is 12.3. The van der Waals surface area contributed by atoms with Gasteiger partial charge in [0.2, 0.25) is 0 Å². The quantitative estimate of drug-likeness (QED) is 0.742. The van der Waals surface area contributed by atoms with Crippen LogP contribution in [-0.2, 0) is 0 Å². The highest BCUT2D eigenvalue weighted by Gasteiger charge is 2.03. The van der Waals surface area contributed by atoms with Crippen molar-refractivity contribution in [1.82, 2.24) is 9.97 Å². The summed E-state index contributed by atoms with van der Waals surface area (Å²) in [5.41, 5.74) is 2.68. The summed E-state index contributed by atoms with van der Waals surface area (Å²) >= 11 is 0. The average molecular weight is 229 g/mol. The number of benzene rings is 1. The van der Waals surface area contributed by atoms with E-state index in [-0.39, 0.29) is 5.82 Å². The molecule has 86 valence electrons. The van der Waals surface area contributed by atoms with Gasteiger partial charge in [0.25, 0.3) is 0 Å². The molecule has 1 aromatic carbocycles. The van der Waals surface area contributed by atoms with Crippen LogP contribution in [0.25, 0.3) is 0 Å². The van der Waals surface area contributed by atoms with Gasteiger partial charge in [0.05, 0.1) is 5.69 Å². The van der Waals surface area contributed by atoms with E-state index in [1.54, 1.807) is 25.4 Å². The topological polar surface area (TPSA) is 38.1 Å². The van der Waals surface area contributed by atoms with Gasteiger partial charge in [-0.15, -0.1) is 0 Å². The first kappa shape index (κ1) is 11.4. The lowest BCUT2D eigenvalue weighted by Crippen LogP contribution is -1.96. The number of halogens is 1. The van der Waals surface area contributed by atoms with Gasteiger partial charge >= 0.3 is 0 Å². The molecule has 0 spiro atoms. The predicted molar refractivity (Wildman–Crippen MR) is 65.0 cm³/mol. The molecule has 1 aromatic heterocycles. The van der Waals surface area contributed by atoms with Crippen LogP contribution in [-0.4, -0.2) is 15.7 Å². The van der Waals surface area contributed by atoms with Crippen LogP contribution in [0.5, 0.6) is 0 Å². The van der Waals surface area contributed by atoms with E-state index in [4.69, 9.17) is 0 Å². The van der Waals surface area contributed by atoms with E-state index in [2.05, 4.69) is 15.0 Å². The summed E-state index contributed by atoms with van der Waals surface area (Å²) in [6.07, 6.45) is 4.75. The van der Waals surface area contributed by atoms with E-state index in [0.29, 0.717) is 11.4 Å². The van der Waals surface area contributed by atoms with Crippen LogP contribution in [0.2, 0.25) is 0 Å². The maximum absolute atomic E-state index is 13.6. The molecule has 0 atom stereocenters. The zero-order valence-corrected chi connectivity index (χ0v) is 9.68. The second-order valence-electron chi connectivity index (χ2n) is 3.78. The van der Waals surface area contributed by atoms with E-state index >= 15 is 0 Å². The average Bonchev–Trinajstić information content (AvgIpc) is 2.34. The summed E-state index contributed by atoms with van der Waals surface area (Å²) in [4.78, 5) is 12.0. The Morgan fingerprint density at radius 2 is 1.94 bits per heavy atom. The van der Waals surface area contributed by atoms with Crippen molar-refractivity contribution in [2.45, 2.75) is 13.8 Å². The molecule has 2 aromatic rings. The van der Waals surface area contributed by atoms with Gasteiger partial charge in [-0.1, -0.05) is 6.07 Å². The van der Waals surface area contributed by atoms with E-state index in [1.807, 2.05) is 13.0 Å². The highest BCUT2D eigenvalue weighted by atomic mass is 19.1. The van der Waals surface area contributed by atoms with Gasteiger partial charge in [-0.25, -0.2) is 19.4 Å². The van der Waals surface area contributed by atoms with Crippen LogP contribution < -0.4 is 0 Å². The highest BCUT2D eigenvalue weighted by molar-refractivity contribution is 5.99. The molecule has 0 radical (unpaired) electrons. The first-order chi connectivity index (χ1) is 8.16. The lowest BCUT2D eigenvalue weighted by atomic mass is 10.2. The third-order valence-corrected chi connectivity index (χ3v) is 2.37. The first-order valence-corrected chi connectivity index (χ1v) is 5.23. The lowest BCUT2D eigenvalue weighted by Gasteiger charge is -2.02. The monoisotopic (exact) mass is 229 g/mol. The smallest absolute Gasteiger partial charge is 0.149 e. The van der Waals surface area contributed by atoms with Crippen molar-refractivity contribution in [1.29, 1.82) is 0 Å². The van der Waals surface area contributed by atoms with E-state index in [1.165, 1.54) is 12.4 Å². The van der Waals surface area contributed by atoms with Crippen LogP contribution in [0.15, 0.2) is 41.9 Å². The third-order valence-electron chi connectivity index (χ3n) is 2.37. The molecule has 3 nitrogen and oxygen atoms in total. The molecule has 0 fully saturated rings. The molecule has 4 heteroatoms. The van der Waals surface area contributed by atoms with Crippen molar-refractivity contribution in [2.24, 2.45) is 4.99 Å². The van der Waals surface area contributed by atoms with Crippen molar-refractivity contribution < 1.29 is 4.39 Å². The standard InChI is InChI=1S/C13H12FN3/c1-9-3-4-13(12(14)5-9)17-10(2)11-6-15-8-16-7-11/h3-8H,1-2H3. The largest absolute Gasteiger partial charge is 0.250 e. The van der Waals surface area contributed by atoms with Gasteiger partial charge in [-0.2, -0.15) is 0 Å². The molecule has 1 heterocycles. The van der Waals surface area contributed by atoms with Crippen molar-refractivity contribution >= 4 is 11.4 Å². The summed E-state index contributed by atoms with van der Waals surface area (Å²) in [5, 5.41) is 0. The molecule has 0 aliphatic carbocycles. The molecule has 0 N–H and O–H groups in total. The molecular weight excluding hydrogens is 217 g/mol. The first-order valence-electron chi connectivity index (χ1n) is 5.23. The van der Waals surface area contributed by atoms with Crippen molar-refractivity contribution in [3.05, 3.63) is 53.9 Å². The van der Waals surface area contributed by atoms with Gasteiger partial charge < -0.3 is 0 Å². The fourth-order valence-electron chi connectivity index (χ4n) is 1.43. The summed E-state index contributed by atoms with van der Waals surface area (Å²) < 4.78 is 13.6. The molecule has 0 aliphatic heterocycles. The maximum Gasteiger partial charge on any atom is 0.149 e. The number of aliphatic imine (C=N–C) groups is 1. The van der Waals surface area contributed by atoms with Gasteiger partial charge in [0.15, 0.2) is 0 Å². The van der Waals surface area contributed by atoms with E-state index in [0.717, 1.165) is 11.1 Å². The number of nitrogens with zero attached hydrogens (tertiary/aromatic N) is 3. The van der Waals surface area contributed by atoms with Crippen LogP contribution in [0, 0.1) is 12.7 Å². The number of aryl methyl sites for hydroxylation is 1. The van der Waals surface area contributed by atoms with Gasteiger partial charge in [-0.3, -0.25) is 0 Å². The SMILES string of the molecule is CC(=Nc1ccc(C)cc1F)c1cncnc1. The normalized spacial score (nSPS) is 11.6. The van der Waals surface area contributed by atoms with Crippen molar-refractivity contribution in [3.63, 3.8) is 0 Å². The molecule has 17 heavy (non-hydrogen) atoms. The van der Waals surface area contributed by atoms with E-state index < -0.39 is 0 Å². The van der Waals surface area contributed by atoms with Crippen molar-refractivity contribution in [2.75, 3.05) is 0 Å². The Morgan fingerprint density at radius 3 is 2.59 bits per heavy atom. The Morgan fingerprint density at radius 1 is 1.24 bits per heavy atom. The fraction of sp³-hybridized carbons (Fsp3) is 0.154. The molecular formula is C13H12FN3. The Balaban J connectivity index is 2.36. The minimum absolute atomic E-state index is 0.318. The third kappa shape index (κ3) is 2.72. The minimum Gasteiger partial charge on any atom is -0.250 e. The Kier molecular flexibility index (Phi) is 3.23. The second-order valence-corrected chi connectivity index (χ2v) is 3.78.